The van der Waals surface area contributed by atoms with E-state index in [4.69, 9.17) is 16.9 Å². The number of benzene rings is 2. The summed E-state index contributed by atoms with van der Waals surface area (Å²) >= 11 is 5.99. The maximum Gasteiger partial charge on any atom is 0.238 e. The second-order valence-corrected chi connectivity index (χ2v) is 6.34. The first-order valence-corrected chi connectivity index (χ1v) is 8.50. The molecule has 0 bridgehead atoms. The van der Waals surface area contributed by atoms with E-state index < -0.39 is 0 Å². The van der Waals surface area contributed by atoms with E-state index in [1.165, 1.54) is 11.1 Å². The molecule has 0 aromatic heterocycles. The number of nitrogens with zero attached hydrogens (tertiary/aromatic N) is 2. The summed E-state index contributed by atoms with van der Waals surface area (Å²) in [6.07, 6.45) is 3.12. The van der Waals surface area contributed by atoms with E-state index in [0.29, 0.717) is 22.8 Å². The molecule has 1 N–H and O–H groups in total. The lowest BCUT2D eigenvalue weighted by Gasteiger charge is -2.25. The summed E-state index contributed by atoms with van der Waals surface area (Å²) in [7, 11) is 0. The zero-order valence-corrected chi connectivity index (χ0v) is 14.5. The highest BCUT2D eigenvalue weighted by molar-refractivity contribution is 6.32. The highest BCUT2D eigenvalue weighted by atomic mass is 35.5. The van der Waals surface area contributed by atoms with Crippen LogP contribution in [-0.2, 0) is 4.79 Å². The van der Waals surface area contributed by atoms with Gasteiger partial charge in [-0.05, 0) is 35.8 Å². The Morgan fingerprint density at radius 2 is 2.04 bits per heavy atom. The van der Waals surface area contributed by atoms with Gasteiger partial charge < -0.3 is 5.32 Å². The van der Waals surface area contributed by atoms with Crippen molar-refractivity contribution in [2.45, 2.75) is 6.42 Å². The number of halogens is 1. The maximum atomic E-state index is 12.2. The zero-order chi connectivity index (χ0) is 17.6. The SMILES string of the molecule is N#Cc1ccc(NC(=O)CN2CC=C(c3ccccc3)CC2)cc1Cl. The fourth-order valence-corrected chi connectivity index (χ4v) is 3.08. The molecule has 5 heteroatoms. The van der Waals surface area contributed by atoms with Crippen molar-refractivity contribution in [2.75, 3.05) is 25.0 Å². The van der Waals surface area contributed by atoms with Gasteiger partial charge in [-0.2, -0.15) is 5.26 Å². The van der Waals surface area contributed by atoms with Crippen LogP contribution in [0.1, 0.15) is 17.5 Å². The van der Waals surface area contributed by atoms with Crippen molar-refractivity contribution in [2.24, 2.45) is 0 Å². The van der Waals surface area contributed by atoms with Crippen molar-refractivity contribution in [3.05, 3.63) is 70.8 Å². The Kier molecular flexibility index (Phi) is 5.49. The van der Waals surface area contributed by atoms with Gasteiger partial charge in [0.25, 0.3) is 0 Å². The van der Waals surface area contributed by atoms with Crippen LogP contribution < -0.4 is 5.32 Å². The van der Waals surface area contributed by atoms with Crippen LogP contribution in [0, 0.1) is 11.3 Å². The molecule has 2 aromatic carbocycles. The predicted octanol–water partition coefficient (Wildman–Crippen LogP) is 3.94. The molecule has 1 aliphatic rings. The highest BCUT2D eigenvalue weighted by Gasteiger charge is 2.16. The van der Waals surface area contributed by atoms with Crippen molar-refractivity contribution >= 4 is 28.8 Å². The number of hydrogen-bond acceptors (Lipinski definition) is 3. The summed E-state index contributed by atoms with van der Waals surface area (Å²) in [6, 6.07) is 17.2. The third-order valence-electron chi connectivity index (χ3n) is 4.18. The fourth-order valence-electron chi connectivity index (χ4n) is 2.86. The lowest BCUT2D eigenvalue weighted by molar-refractivity contribution is -0.117. The smallest absolute Gasteiger partial charge is 0.238 e. The third kappa shape index (κ3) is 4.48. The van der Waals surface area contributed by atoms with Gasteiger partial charge >= 0.3 is 0 Å². The molecule has 0 saturated heterocycles. The van der Waals surface area contributed by atoms with E-state index >= 15 is 0 Å². The molecule has 3 rings (SSSR count). The van der Waals surface area contributed by atoms with Crippen LogP contribution in [-0.4, -0.2) is 30.4 Å². The van der Waals surface area contributed by atoms with Gasteiger partial charge in [-0.3, -0.25) is 9.69 Å². The standard InChI is InChI=1S/C20H18ClN3O/c21-19-12-18(7-6-17(19)13-22)23-20(25)14-24-10-8-16(9-11-24)15-4-2-1-3-5-15/h1-8,12H,9-11,14H2,(H,23,25). The van der Waals surface area contributed by atoms with Gasteiger partial charge in [-0.25, -0.2) is 0 Å². The number of rotatable bonds is 4. The molecular formula is C20H18ClN3O. The molecule has 0 atom stereocenters. The lowest BCUT2D eigenvalue weighted by atomic mass is 10.00. The molecule has 4 nitrogen and oxygen atoms in total. The van der Waals surface area contributed by atoms with E-state index in [2.05, 4.69) is 28.4 Å². The third-order valence-corrected chi connectivity index (χ3v) is 4.49. The minimum absolute atomic E-state index is 0.0858. The largest absolute Gasteiger partial charge is 0.325 e. The minimum atomic E-state index is -0.0858. The maximum absolute atomic E-state index is 12.2. The first kappa shape index (κ1) is 17.2. The quantitative estimate of drug-likeness (QED) is 0.907. The van der Waals surface area contributed by atoms with Crippen LogP contribution in [0.5, 0.6) is 0 Å². The summed E-state index contributed by atoms with van der Waals surface area (Å²) in [5, 5.41) is 12.0. The molecule has 2 aromatic rings. The van der Waals surface area contributed by atoms with Crippen LogP contribution >= 0.6 is 11.6 Å². The Morgan fingerprint density at radius 3 is 2.68 bits per heavy atom. The van der Waals surface area contributed by atoms with Crippen molar-refractivity contribution in [1.29, 1.82) is 5.26 Å². The van der Waals surface area contributed by atoms with Gasteiger partial charge in [0.05, 0.1) is 17.1 Å². The average molecular weight is 352 g/mol. The molecule has 0 aliphatic carbocycles. The van der Waals surface area contributed by atoms with Gasteiger partial charge in [-0.1, -0.05) is 48.0 Å². The van der Waals surface area contributed by atoms with E-state index in [1.54, 1.807) is 18.2 Å². The fraction of sp³-hybridized carbons (Fsp3) is 0.200. The molecule has 1 aliphatic heterocycles. The van der Waals surface area contributed by atoms with Crippen molar-refractivity contribution < 1.29 is 4.79 Å². The van der Waals surface area contributed by atoms with Gasteiger partial charge in [0.15, 0.2) is 0 Å². The van der Waals surface area contributed by atoms with Crippen LogP contribution in [0.3, 0.4) is 0 Å². The second-order valence-electron chi connectivity index (χ2n) is 5.94. The monoisotopic (exact) mass is 351 g/mol. The Hall–Kier alpha value is -2.61. The van der Waals surface area contributed by atoms with E-state index in [0.717, 1.165) is 19.5 Å². The highest BCUT2D eigenvalue weighted by Crippen LogP contribution is 2.22. The number of nitrogens with one attached hydrogen (secondary N) is 1. The zero-order valence-electron chi connectivity index (χ0n) is 13.7. The summed E-state index contributed by atoms with van der Waals surface area (Å²) in [5.74, 6) is -0.0858. The van der Waals surface area contributed by atoms with Crippen LogP contribution in [0.2, 0.25) is 5.02 Å². The lowest BCUT2D eigenvalue weighted by Crippen LogP contribution is -2.36. The van der Waals surface area contributed by atoms with E-state index in [1.807, 2.05) is 24.3 Å². The predicted molar refractivity (Wildman–Crippen MR) is 100 cm³/mol. The number of anilines is 1. The molecule has 0 fully saturated rings. The van der Waals surface area contributed by atoms with Crippen LogP contribution in [0.15, 0.2) is 54.6 Å². The topological polar surface area (TPSA) is 56.1 Å². The normalized spacial score (nSPS) is 14.5. The van der Waals surface area contributed by atoms with Crippen molar-refractivity contribution in [1.82, 2.24) is 4.90 Å². The molecule has 0 unspecified atom stereocenters. The summed E-state index contributed by atoms with van der Waals surface area (Å²) < 4.78 is 0. The Balaban J connectivity index is 1.55. The Morgan fingerprint density at radius 1 is 1.24 bits per heavy atom. The van der Waals surface area contributed by atoms with Gasteiger partial charge in [0.1, 0.15) is 6.07 Å². The van der Waals surface area contributed by atoms with Gasteiger partial charge in [0.2, 0.25) is 5.91 Å². The molecule has 25 heavy (non-hydrogen) atoms. The molecule has 126 valence electrons. The molecule has 0 radical (unpaired) electrons. The first-order valence-electron chi connectivity index (χ1n) is 8.12. The molecule has 1 amide bonds. The summed E-state index contributed by atoms with van der Waals surface area (Å²) in [4.78, 5) is 14.3. The van der Waals surface area contributed by atoms with Gasteiger partial charge in [-0.15, -0.1) is 0 Å². The molecule has 0 spiro atoms. The van der Waals surface area contributed by atoms with Gasteiger partial charge in [0, 0.05) is 18.8 Å². The number of carbonyl (C=O) groups is 1. The minimum Gasteiger partial charge on any atom is -0.325 e. The number of amides is 1. The second kappa shape index (κ2) is 7.98. The van der Waals surface area contributed by atoms with Crippen LogP contribution in [0.25, 0.3) is 5.57 Å². The first-order chi connectivity index (χ1) is 12.2. The molecule has 0 saturated carbocycles. The van der Waals surface area contributed by atoms with Crippen molar-refractivity contribution in [3.8, 4) is 6.07 Å². The van der Waals surface area contributed by atoms with Crippen LogP contribution in [0.4, 0.5) is 5.69 Å². The Bertz CT molecular complexity index is 840. The summed E-state index contributed by atoms with van der Waals surface area (Å²) in [5.41, 5.74) is 3.58. The number of nitriles is 1. The number of carbonyl (C=O) groups excluding carboxylic acids is 1. The number of hydrogen-bond donors (Lipinski definition) is 1. The molecular weight excluding hydrogens is 334 g/mol. The van der Waals surface area contributed by atoms with Crippen molar-refractivity contribution in [3.63, 3.8) is 0 Å². The van der Waals surface area contributed by atoms with E-state index in [9.17, 15) is 4.79 Å². The Labute approximate surface area is 152 Å². The molecule has 1 heterocycles. The van der Waals surface area contributed by atoms with E-state index in [-0.39, 0.29) is 5.91 Å². The average Bonchev–Trinajstić information content (AvgIpc) is 2.63. The summed E-state index contributed by atoms with van der Waals surface area (Å²) in [6.45, 7) is 1.93.